The van der Waals surface area contributed by atoms with Crippen molar-refractivity contribution in [3.63, 3.8) is 0 Å². The number of carbonyl (C=O) groups is 2. The summed E-state index contributed by atoms with van der Waals surface area (Å²) in [5.74, 6) is -1.82. The lowest BCUT2D eigenvalue weighted by molar-refractivity contribution is -0.386. The number of nitro benzene ring substituents is 1. The van der Waals surface area contributed by atoms with Crippen LogP contribution in [-0.2, 0) is 4.74 Å². The Balaban J connectivity index is 1.81. The lowest BCUT2D eigenvalue weighted by Crippen LogP contribution is -2.41. The molecule has 0 bridgehead atoms. The van der Waals surface area contributed by atoms with Crippen molar-refractivity contribution in [2.24, 2.45) is 0 Å². The van der Waals surface area contributed by atoms with Crippen LogP contribution in [0.4, 0.5) is 10.8 Å². The minimum absolute atomic E-state index is 0.0387. The third-order valence-electron chi connectivity index (χ3n) is 4.79. The van der Waals surface area contributed by atoms with E-state index in [0.29, 0.717) is 42.0 Å². The third-order valence-corrected chi connectivity index (χ3v) is 6.01. The fourth-order valence-corrected chi connectivity index (χ4v) is 4.23. The van der Waals surface area contributed by atoms with Crippen LogP contribution in [0.1, 0.15) is 25.7 Å². The van der Waals surface area contributed by atoms with Crippen LogP contribution in [0.3, 0.4) is 0 Å². The topological polar surface area (TPSA) is 154 Å². The molecule has 0 saturated carbocycles. The third kappa shape index (κ3) is 4.90. The molecule has 0 spiro atoms. The van der Waals surface area contributed by atoms with E-state index in [1.165, 1.54) is 32.7 Å². The van der Waals surface area contributed by atoms with Gasteiger partial charge in [0.15, 0.2) is 10.9 Å². The maximum Gasteiger partial charge on any atom is 0.327 e. The Bertz CT molecular complexity index is 1070. The predicted octanol–water partition coefficient (Wildman–Crippen LogP) is 1.30. The molecule has 33 heavy (non-hydrogen) atoms. The number of hydrogen-bond donors (Lipinski definition) is 2. The average Bonchev–Trinajstić information content (AvgIpc) is 3.22. The number of anilines is 1. The van der Waals surface area contributed by atoms with Crippen molar-refractivity contribution in [3.8, 4) is 17.2 Å². The van der Waals surface area contributed by atoms with Crippen molar-refractivity contribution >= 4 is 34.0 Å². The molecule has 1 aromatic carbocycles. The quantitative estimate of drug-likeness (QED) is 0.437. The highest BCUT2D eigenvalue weighted by Gasteiger charge is 2.33. The molecule has 0 atom stereocenters. The van der Waals surface area contributed by atoms with E-state index in [1.54, 1.807) is 6.92 Å². The van der Waals surface area contributed by atoms with Crippen LogP contribution >= 0.6 is 11.3 Å². The smallest absolute Gasteiger partial charge is 0.327 e. The van der Waals surface area contributed by atoms with E-state index in [1.807, 2.05) is 4.90 Å². The average molecular weight is 481 g/mol. The molecule has 2 N–H and O–H groups in total. The monoisotopic (exact) mass is 481 g/mol. The van der Waals surface area contributed by atoms with Crippen molar-refractivity contribution in [3.05, 3.63) is 32.3 Å². The van der Waals surface area contributed by atoms with E-state index in [9.17, 15) is 19.7 Å². The van der Waals surface area contributed by atoms with Gasteiger partial charge in [0.2, 0.25) is 11.5 Å². The molecular formula is C19H23N5O8S. The largest absolute Gasteiger partial charge is 0.493 e. The number of methoxy groups -OCH3 is 3. The van der Waals surface area contributed by atoms with Crippen molar-refractivity contribution in [2.75, 3.05) is 52.5 Å². The summed E-state index contributed by atoms with van der Waals surface area (Å²) in [6, 6.07) is 1.13. The SMILES string of the molecule is COc1cc(C(=O)NNC(=O)c2sc(N3CCOCC3)nc2C)c([N+](=O)[O-])c(OC)c1OC. The van der Waals surface area contributed by atoms with Crippen LogP contribution in [0.5, 0.6) is 17.2 Å². The molecule has 1 saturated heterocycles. The molecule has 1 aliphatic rings. The van der Waals surface area contributed by atoms with Crippen LogP contribution in [0.25, 0.3) is 0 Å². The van der Waals surface area contributed by atoms with E-state index in [4.69, 9.17) is 18.9 Å². The molecule has 14 heteroatoms. The second-order valence-corrected chi connectivity index (χ2v) is 7.69. The zero-order chi connectivity index (χ0) is 24.1. The number of morpholine rings is 1. The summed E-state index contributed by atoms with van der Waals surface area (Å²) in [4.78, 5) is 43.1. The van der Waals surface area contributed by atoms with Crippen LogP contribution in [0.2, 0.25) is 0 Å². The fraction of sp³-hybridized carbons (Fsp3) is 0.421. The van der Waals surface area contributed by atoms with Gasteiger partial charge in [-0.1, -0.05) is 11.3 Å². The van der Waals surface area contributed by atoms with Crippen molar-refractivity contribution in [1.29, 1.82) is 0 Å². The molecule has 2 amide bonds. The lowest BCUT2D eigenvalue weighted by atomic mass is 10.1. The molecule has 3 rings (SSSR count). The van der Waals surface area contributed by atoms with Gasteiger partial charge in [-0.15, -0.1) is 0 Å². The standard InChI is InChI=1S/C19H23N5O8S/c1-10-16(33-19(20-10)23-5-7-32-8-6-23)18(26)22-21-17(25)11-9-12(29-2)14(30-3)15(31-4)13(11)24(27)28/h9H,5-8H2,1-4H3,(H,21,25)(H,22,26). The van der Waals surface area contributed by atoms with Crippen molar-refractivity contribution in [1.82, 2.24) is 15.8 Å². The minimum atomic E-state index is -0.940. The molecule has 178 valence electrons. The van der Waals surface area contributed by atoms with E-state index in [2.05, 4.69) is 15.8 Å². The van der Waals surface area contributed by atoms with Gasteiger partial charge in [0.25, 0.3) is 11.8 Å². The molecule has 2 heterocycles. The highest BCUT2D eigenvalue weighted by molar-refractivity contribution is 7.17. The Kier molecular flexibility index (Phi) is 7.50. The van der Waals surface area contributed by atoms with Gasteiger partial charge in [0.1, 0.15) is 10.4 Å². The normalized spacial score (nSPS) is 13.3. The molecule has 13 nitrogen and oxygen atoms in total. The number of aromatic nitrogens is 1. The van der Waals surface area contributed by atoms with E-state index >= 15 is 0 Å². The van der Waals surface area contributed by atoms with Gasteiger partial charge >= 0.3 is 5.69 Å². The van der Waals surface area contributed by atoms with Gasteiger partial charge in [-0.2, -0.15) is 0 Å². The predicted molar refractivity (Wildman–Crippen MR) is 118 cm³/mol. The van der Waals surface area contributed by atoms with Crippen LogP contribution in [0, 0.1) is 17.0 Å². The molecule has 1 aliphatic heterocycles. The van der Waals surface area contributed by atoms with E-state index in [-0.39, 0.29) is 22.8 Å². The molecule has 0 radical (unpaired) electrons. The molecule has 0 aliphatic carbocycles. The zero-order valence-electron chi connectivity index (χ0n) is 18.4. The number of thiazole rings is 1. The van der Waals surface area contributed by atoms with Crippen molar-refractivity contribution < 1.29 is 33.5 Å². The van der Waals surface area contributed by atoms with Gasteiger partial charge < -0.3 is 23.8 Å². The number of aryl methyl sites for hydroxylation is 1. The summed E-state index contributed by atoms with van der Waals surface area (Å²) in [5, 5.41) is 12.3. The van der Waals surface area contributed by atoms with Gasteiger partial charge in [-0.05, 0) is 6.92 Å². The first kappa shape index (κ1) is 24.0. The maximum absolute atomic E-state index is 12.8. The van der Waals surface area contributed by atoms with Crippen LogP contribution in [-0.4, -0.2) is 69.4 Å². The number of nitrogens with zero attached hydrogens (tertiary/aromatic N) is 3. The van der Waals surface area contributed by atoms with Crippen LogP contribution < -0.4 is 30.0 Å². The van der Waals surface area contributed by atoms with Gasteiger partial charge in [0, 0.05) is 19.2 Å². The first-order valence-electron chi connectivity index (χ1n) is 9.70. The fourth-order valence-electron chi connectivity index (χ4n) is 3.22. The number of nitro groups is 1. The van der Waals surface area contributed by atoms with E-state index in [0.717, 1.165) is 6.07 Å². The summed E-state index contributed by atoms with van der Waals surface area (Å²) < 4.78 is 20.7. The molecule has 1 fully saturated rings. The first-order chi connectivity index (χ1) is 15.8. The lowest BCUT2D eigenvalue weighted by Gasteiger charge is -2.25. The molecule has 1 aromatic heterocycles. The van der Waals surface area contributed by atoms with Crippen LogP contribution in [0.15, 0.2) is 6.07 Å². The number of benzene rings is 1. The molecular weight excluding hydrogens is 458 g/mol. The summed E-state index contributed by atoms with van der Waals surface area (Å²) in [6.07, 6.45) is 0. The Morgan fingerprint density at radius 1 is 1.12 bits per heavy atom. The Labute approximate surface area is 192 Å². The summed E-state index contributed by atoms with van der Waals surface area (Å²) in [5.41, 5.74) is 3.95. The molecule has 0 unspecified atom stereocenters. The van der Waals surface area contributed by atoms with E-state index < -0.39 is 22.4 Å². The van der Waals surface area contributed by atoms with Gasteiger partial charge in [-0.3, -0.25) is 30.6 Å². The number of ether oxygens (including phenoxy) is 4. The number of rotatable bonds is 7. The number of nitrogens with one attached hydrogen (secondary N) is 2. The number of hydrazine groups is 1. The number of hydrogen-bond acceptors (Lipinski definition) is 11. The second-order valence-electron chi connectivity index (χ2n) is 6.72. The Morgan fingerprint density at radius 3 is 2.33 bits per heavy atom. The first-order valence-corrected chi connectivity index (χ1v) is 10.5. The Hall–Kier alpha value is -3.65. The summed E-state index contributed by atoms with van der Waals surface area (Å²) in [6.45, 7) is 4.15. The Morgan fingerprint density at radius 2 is 1.76 bits per heavy atom. The minimum Gasteiger partial charge on any atom is -0.493 e. The number of amides is 2. The zero-order valence-corrected chi connectivity index (χ0v) is 19.2. The summed E-state index contributed by atoms with van der Waals surface area (Å²) in [7, 11) is 3.80. The van der Waals surface area contributed by atoms with Gasteiger partial charge in [-0.25, -0.2) is 4.98 Å². The second kappa shape index (κ2) is 10.3. The highest BCUT2D eigenvalue weighted by Crippen LogP contribution is 2.46. The van der Waals surface area contributed by atoms with Crippen molar-refractivity contribution in [2.45, 2.75) is 6.92 Å². The maximum atomic E-state index is 12.8. The summed E-state index contributed by atoms with van der Waals surface area (Å²) >= 11 is 1.18. The number of carbonyl (C=O) groups excluding carboxylic acids is 2. The highest BCUT2D eigenvalue weighted by atomic mass is 32.1. The van der Waals surface area contributed by atoms with Gasteiger partial charge in [0.05, 0.1) is 45.2 Å². The molecule has 2 aromatic rings.